The van der Waals surface area contributed by atoms with Crippen molar-refractivity contribution in [3.05, 3.63) is 30.4 Å². The molecule has 0 spiro atoms. The Morgan fingerprint density at radius 3 is 2.72 bits per heavy atom. The van der Waals surface area contributed by atoms with Crippen LogP contribution in [0.3, 0.4) is 0 Å². The van der Waals surface area contributed by atoms with Gasteiger partial charge in [-0.2, -0.15) is 0 Å². The molecule has 5 N–H and O–H groups in total. The van der Waals surface area contributed by atoms with E-state index in [0.29, 0.717) is 16.9 Å². The summed E-state index contributed by atoms with van der Waals surface area (Å²) in [6.45, 7) is 0. The minimum Gasteiger partial charge on any atom is -0.510 e. The summed E-state index contributed by atoms with van der Waals surface area (Å²) >= 11 is 0. The fraction of sp³-hybridized carbons (Fsp3) is 0.273. The summed E-state index contributed by atoms with van der Waals surface area (Å²) in [6.07, 6.45) is 2.05. The van der Waals surface area contributed by atoms with Crippen LogP contribution in [-0.4, -0.2) is 42.1 Å². The number of aromatic nitrogens is 3. The van der Waals surface area contributed by atoms with E-state index >= 15 is 0 Å². The van der Waals surface area contributed by atoms with E-state index in [1.54, 1.807) is 10.6 Å². The van der Waals surface area contributed by atoms with Crippen molar-refractivity contribution in [1.29, 1.82) is 0 Å². The Kier molecular flexibility index (Phi) is 2.25. The van der Waals surface area contributed by atoms with Crippen molar-refractivity contribution in [2.24, 2.45) is 0 Å². The first kappa shape index (κ1) is 11.0. The van der Waals surface area contributed by atoms with Crippen LogP contribution >= 0.6 is 0 Å². The average Bonchev–Trinajstić information content (AvgIpc) is 2.88. The molecule has 1 aliphatic carbocycles. The molecule has 0 amide bonds. The predicted molar refractivity (Wildman–Crippen MR) is 63.7 cm³/mol. The number of nitrogens with two attached hydrogens (primary N) is 1. The molecule has 0 aliphatic heterocycles. The molecular formula is C11H12N4O3. The molecule has 18 heavy (non-hydrogen) atoms. The number of hydrogen-bond acceptors (Lipinski definition) is 6. The number of rotatable bonds is 1. The third-order valence-electron chi connectivity index (χ3n) is 3.16. The molecule has 2 heterocycles. The minimum absolute atomic E-state index is 0.239. The van der Waals surface area contributed by atoms with Crippen molar-refractivity contribution < 1.29 is 15.3 Å². The molecule has 1 aliphatic rings. The van der Waals surface area contributed by atoms with Crippen LogP contribution in [0.15, 0.2) is 30.4 Å². The smallest absolute Gasteiger partial charge is 0.151 e. The van der Waals surface area contributed by atoms with Gasteiger partial charge in [0.05, 0.1) is 17.9 Å². The van der Waals surface area contributed by atoms with E-state index in [9.17, 15) is 15.3 Å². The third kappa shape index (κ3) is 1.38. The Bertz CT molecular complexity index is 636. The Balaban J connectivity index is 2.14. The lowest BCUT2D eigenvalue weighted by Gasteiger charge is -2.18. The van der Waals surface area contributed by atoms with E-state index in [-0.39, 0.29) is 5.76 Å². The number of anilines is 1. The first-order valence-electron chi connectivity index (χ1n) is 5.43. The fourth-order valence-electron chi connectivity index (χ4n) is 2.20. The summed E-state index contributed by atoms with van der Waals surface area (Å²) < 4.78 is 1.64. The number of aliphatic hydroxyl groups is 3. The Hall–Kier alpha value is -2.12. The first-order valence-corrected chi connectivity index (χ1v) is 5.43. The van der Waals surface area contributed by atoms with Gasteiger partial charge in [0, 0.05) is 6.20 Å². The second-order valence-electron chi connectivity index (χ2n) is 4.23. The van der Waals surface area contributed by atoms with Gasteiger partial charge in [0.25, 0.3) is 0 Å². The van der Waals surface area contributed by atoms with Gasteiger partial charge in [0.2, 0.25) is 0 Å². The zero-order valence-electron chi connectivity index (χ0n) is 9.30. The number of imidazole rings is 1. The Labute approximate surface area is 102 Å². The number of hydrogen-bond donors (Lipinski definition) is 4. The molecule has 2 aromatic heterocycles. The lowest BCUT2D eigenvalue weighted by atomic mass is 10.2. The van der Waals surface area contributed by atoms with Gasteiger partial charge in [-0.3, -0.25) is 0 Å². The highest BCUT2D eigenvalue weighted by Crippen LogP contribution is 2.31. The summed E-state index contributed by atoms with van der Waals surface area (Å²) in [7, 11) is 0. The van der Waals surface area contributed by atoms with Crippen LogP contribution in [0, 0.1) is 0 Å². The minimum atomic E-state index is -1.27. The van der Waals surface area contributed by atoms with Gasteiger partial charge < -0.3 is 25.6 Å². The normalized spacial score (nSPS) is 27.7. The number of aliphatic hydroxyl groups excluding tert-OH is 3. The van der Waals surface area contributed by atoms with Gasteiger partial charge in [-0.25, -0.2) is 9.97 Å². The molecule has 7 nitrogen and oxygen atoms in total. The zero-order chi connectivity index (χ0) is 12.9. The summed E-state index contributed by atoms with van der Waals surface area (Å²) in [5.41, 5.74) is 6.91. The van der Waals surface area contributed by atoms with E-state index in [0.717, 1.165) is 0 Å². The van der Waals surface area contributed by atoms with Crippen molar-refractivity contribution in [2.75, 3.05) is 5.73 Å². The van der Waals surface area contributed by atoms with Crippen LogP contribution < -0.4 is 5.73 Å². The lowest BCUT2D eigenvalue weighted by molar-refractivity contribution is 0.0165. The van der Waals surface area contributed by atoms with E-state index < -0.39 is 18.2 Å². The molecule has 3 atom stereocenters. The molecule has 2 aromatic rings. The van der Waals surface area contributed by atoms with Crippen molar-refractivity contribution in [3.63, 3.8) is 0 Å². The van der Waals surface area contributed by atoms with Gasteiger partial charge in [-0.05, 0) is 12.1 Å². The molecule has 0 fully saturated rings. The van der Waals surface area contributed by atoms with Crippen LogP contribution in [0.25, 0.3) is 11.0 Å². The maximum absolute atomic E-state index is 9.87. The first-order chi connectivity index (χ1) is 8.59. The standard InChI is InChI=1S/C11H12N4O3/c12-11-8-5(1-2-13-11)15(4-14-8)6-3-7(16)10(18)9(6)17/h1-4,6,9-10,16-18H,(H2,12,13)/t6-,9+,10-/m1/s1. The number of nitrogen functional groups attached to an aromatic ring is 1. The van der Waals surface area contributed by atoms with E-state index in [1.165, 1.54) is 18.6 Å². The second kappa shape index (κ2) is 3.69. The van der Waals surface area contributed by atoms with Gasteiger partial charge in [-0.15, -0.1) is 0 Å². The van der Waals surface area contributed by atoms with E-state index in [2.05, 4.69) is 9.97 Å². The Morgan fingerprint density at radius 2 is 2.06 bits per heavy atom. The zero-order valence-corrected chi connectivity index (χ0v) is 9.30. The third-order valence-corrected chi connectivity index (χ3v) is 3.16. The van der Waals surface area contributed by atoms with Crippen LogP contribution in [0.1, 0.15) is 6.04 Å². The molecule has 0 saturated heterocycles. The van der Waals surface area contributed by atoms with E-state index in [4.69, 9.17) is 5.73 Å². The maximum Gasteiger partial charge on any atom is 0.151 e. The number of fused-ring (bicyclic) bond motifs is 1. The summed E-state index contributed by atoms with van der Waals surface area (Å²) in [5, 5.41) is 28.8. The topological polar surface area (TPSA) is 117 Å². The van der Waals surface area contributed by atoms with Gasteiger partial charge in [0.1, 0.15) is 23.5 Å². The highest BCUT2D eigenvalue weighted by molar-refractivity contribution is 5.84. The highest BCUT2D eigenvalue weighted by atomic mass is 16.4. The van der Waals surface area contributed by atoms with Crippen LogP contribution in [0.4, 0.5) is 5.82 Å². The summed E-state index contributed by atoms with van der Waals surface area (Å²) in [6, 6.07) is 1.13. The molecule has 7 heteroatoms. The summed E-state index contributed by atoms with van der Waals surface area (Å²) in [4.78, 5) is 8.04. The molecule has 0 saturated carbocycles. The highest BCUT2D eigenvalue weighted by Gasteiger charge is 2.36. The van der Waals surface area contributed by atoms with Crippen molar-refractivity contribution in [2.45, 2.75) is 18.2 Å². The van der Waals surface area contributed by atoms with Gasteiger partial charge in [-0.1, -0.05) is 0 Å². The van der Waals surface area contributed by atoms with E-state index in [1.807, 2.05) is 0 Å². The SMILES string of the molecule is Nc1nccc2c1ncn2[C@@H]1C=C(O)[C@@H](O)[C@H]1O. The number of nitrogens with zero attached hydrogens (tertiary/aromatic N) is 3. The molecule has 0 bridgehead atoms. The molecule has 0 radical (unpaired) electrons. The van der Waals surface area contributed by atoms with Gasteiger partial charge in [0.15, 0.2) is 5.82 Å². The fourth-order valence-corrected chi connectivity index (χ4v) is 2.20. The van der Waals surface area contributed by atoms with Crippen LogP contribution in [0.2, 0.25) is 0 Å². The largest absolute Gasteiger partial charge is 0.510 e. The van der Waals surface area contributed by atoms with Gasteiger partial charge >= 0.3 is 0 Å². The summed E-state index contributed by atoms with van der Waals surface area (Å²) in [5.74, 6) is 0.0591. The lowest BCUT2D eigenvalue weighted by Crippen LogP contribution is -2.29. The molecule has 94 valence electrons. The maximum atomic E-state index is 9.87. The second-order valence-corrected chi connectivity index (χ2v) is 4.23. The predicted octanol–water partition coefficient (Wildman–Crippen LogP) is -0.268. The number of pyridine rings is 1. The molecule has 0 unspecified atom stereocenters. The monoisotopic (exact) mass is 248 g/mol. The van der Waals surface area contributed by atoms with Crippen molar-refractivity contribution >= 4 is 16.9 Å². The molecule has 0 aromatic carbocycles. The molecule has 3 rings (SSSR count). The van der Waals surface area contributed by atoms with Crippen LogP contribution in [0.5, 0.6) is 0 Å². The quantitative estimate of drug-likeness (QED) is 0.552. The van der Waals surface area contributed by atoms with Crippen molar-refractivity contribution in [3.8, 4) is 0 Å². The average molecular weight is 248 g/mol. The Morgan fingerprint density at radius 1 is 1.28 bits per heavy atom. The molecular weight excluding hydrogens is 236 g/mol. The van der Waals surface area contributed by atoms with Crippen LogP contribution in [-0.2, 0) is 0 Å². The van der Waals surface area contributed by atoms with Crippen molar-refractivity contribution in [1.82, 2.24) is 14.5 Å².